The fraction of sp³-hybridized carbons (Fsp3) is 0.143. The van der Waals surface area contributed by atoms with Crippen molar-refractivity contribution in [2.24, 2.45) is 0 Å². The smallest absolute Gasteiger partial charge is 0.406 e. The van der Waals surface area contributed by atoms with Gasteiger partial charge < -0.3 is 4.74 Å². The van der Waals surface area contributed by atoms with Gasteiger partial charge in [0.25, 0.3) is 10.0 Å². The number of hydrogen-bond donors (Lipinski definition) is 1. The van der Waals surface area contributed by atoms with Crippen molar-refractivity contribution in [1.82, 2.24) is 0 Å². The largest absolute Gasteiger partial charge is 0.573 e. The van der Waals surface area contributed by atoms with Gasteiger partial charge in [-0.25, -0.2) is 12.8 Å². The molecule has 0 atom stereocenters. The van der Waals surface area contributed by atoms with Crippen LogP contribution in [0.1, 0.15) is 5.56 Å². The molecule has 0 saturated heterocycles. The molecule has 0 aliphatic carbocycles. The fourth-order valence-corrected chi connectivity index (χ4v) is 3.14. The van der Waals surface area contributed by atoms with E-state index in [1.54, 1.807) is 0 Å². The van der Waals surface area contributed by atoms with E-state index in [-0.39, 0.29) is 16.1 Å². The number of benzene rings is 2. The number of halogens is 4. The third-order valence-electron chi connectivity index (χ3n) is 2.77. The summed E-state index contributed by atoms with van der Waals surface area (Å²) in [4.78, 5) is -0.130. The predicted molar refractivity (Wildman–Crippen MR) is 75.1 cm³/mol. The van der Waals surface area contributed by atoms with E-state index < -0.39 is 28.0 Å². The van der Waals surface area contributed by atoms with Crippen LogP contribution < -0.4 is 9.46 Å². The average Bonchev–Trinajstić information content (AvgIpc) is 2.38. The zero-order valence-electron chi connectivity index (χ0n) is 11.7. The van der Waals surface area contributed by atoms with Crippen LogP contribution in [0.25, 0.3) is 0 Å². The van der Waals surface area contributed by atoms with Crippen molar-refractivity contribution in [2.75, 3.05) is 4.72 Å². The summed E-state index contributed by atoms with van der Waals surface area (Å²) < 4.78 is 79.5. The van der Waals surface area contributed by atoms with Crippen LogP contribution in [0, 0.1) is 12.7 Å². The molecular formula is C14H11F4NO3S. The highest BCUT2D eigenvalue weighted by molar-refractivity contribution is 7.92. The Hall–Kier alpha value is -2.29. The molecule has 1 N–H and O–H groups in total. The van der Waals surface area contributed by atoms with Gasteiger partial charge in [0.05, 0.1) is 4.90 Å². The van der Waals surface area contributed by atoms with E-state index in [1.807, 2.05) is 0 Å². The van der Waals surface area contributed by atoms with Gasteiger partial charge in [0.2, 0.25) is 0 Å². The summed E-state index contributed by atoms with van der Waals surface area (Å²) in [6.45, 7) is 1.43. The summed E-state index contributed by atoms with van der Waals surface area (Å²) in [6, 6.07) is 7.37. The Labute approximate surface area is 129 Å². The molecule has 0 radical (unpaired) electrons. The fourth-order valence-electron chi connectivity index (χ4n) is 1.85. The summed E-state index contributed by atoms with van der Waals surface area (Å²) >= 11 is 0. The van der Waals surface area contributed by atoms with E-state index in [0.717, 1.165) is 42.5 Å². The molecule has 2 aromatic carbocycles. The van der Waals surface area contributed by atoms with Gasteiger partial charge in [0.15, 0.2) is 0 Å². The van der Waals surface area contributed by atoms with E-state index in [4.69, 9.17) is 0 Å². The van der Waals surface area contributed by atoms with Gasteiger partial charge in [0, 0.05) is 5.69 Å². The lowest BCUT2D eigenvalue weighted by Crippen LogP contribution is -2.17. The highest BCUT2D eigenvalue weighted by Gasteiger charge is 2.31. The number of alkyl halides is 3. The van der Waals surface area contributed by atoms with Crippen molar-refractivity contribution in [1.29, 1.82) is 0 Å². The van der Waals surface area contributed by atoms with Crippen LogP contribution >= 0.6 is 0 Å². The molecule has 0 spiro atoms. The second-order valence-corrected chi connectivity index (χ2v) is 6.24. The summed E-state index contributed by atoms with van der Waals surface area (Å²) in [5.74, 6) is -1.05. The lowest BCUT2D eigenvalue weighted by molar-refractivity contribution is -0.274. The van der Waals surface area contributed by atoms with Crippen molar-refractivity contribution in [2.45, 2.75) is 18.2 Å². The van der Waals surface area contributed by atoms with Crippen LogP contribution in [0.4, 0.5) is 23.2 Å². The lowest BCUT2D eigenvalue weighted by atomic mass is 10.2. The van der Waals surface area contributed by atoms with Crippen molar-refractivity contribution >= 4 is 15.7 Å². The van der Waals surface area contributed by atoms with E-state index in [0.29, 0.717) is 0 Å². The number of rotatable bonds is 4. The Balaban J connectivity index is 2.21. The lowest BCUT2D eigenvalue weighted by Gasteiger charge is -2.12. The number of nitrogens with one attached hydrogen (secondary N) is 1. The topological polar surface area (TPSA) is 55.4 Å². The van der Waals surface area contributed by atoms with Crippen LogP contribution in [0.2, 0.25) is 0 Å². The van der Waals surface area contributed by atoms with Crippen LogP contribution in [-0.2, 0) is 10.0 Å². The Morgan fingerprint density at radius 1 is 1.04 bits per heavy atom. The first-order chi connectivity index (χ1) is 10.6. The first kappa shape index (κ1) is 17.1. The molecule has 2 aromatic rings. The minimum atomic E-state index is -4.83. The molecule has 0 aromatic heterocycles. The second-order valence-electron chi connectivity index (χ2n) is 4.59. The maximum Gasteiger partial charge on any atom is 0.573 e. The number of aryl methyl sites for hydroxylation is 1. The van der Waals surface area contributed by atoms with Crippen LogP contribution in [0.5, 0.6) is 5.75 Å². The Bertz CT molecular complexity index is 802. The number of sulfonamides is 1. The highest BCUT2D eigenvalue weighted by Crippen LogP contribution is 2.25. The zero-order chi connectivity index (χ0) is 17.3. The normalized spacial score (nSPS) is 12.0. The van der Waals surface area contributed by atoms with Gasteiger partial charge in [-0.15, -0.1) is 13.2 Å². The molecule has 124 valence electrons. The number of ether oxygens (including phenoxy) is 1. The van der Waals surface area contributed by atoms with E-state index in [2.05, 4.69) is 9.46 Å². The van der Waals surface area contributed by atoms with Gasteiger partial charge in [-0.05, 0) is 55.0 Å². The molecule has 0 amide bonds. The quantitative estimate of drug-likeness (QED) is 0.854. The van der Waals surface area contributed by atoms with E-state index >= 15 is 0 Å². The predicted octanol–water partition coefficient (Wildman–Crippen LogP) is 3.83. The van der Waals surface area contributed by atoms with Gasteiger partial charge in [-0.1, -0.05) is 0 Å². The van der Waals surface area contributed by atoms with Gasteiger partial charge >= 0.3 is 6.36 Å². The maximum atomic E-state index is 13.0. The van der Waals surface area contributed by atoms with Crippen LogP contribution in [0.3, 0.4) is 0 Å². The maximum absolute atomic E-state index is 13.0. The summed E-state index contributed by atoms with van der Waals surface area (Å²) in [5, 5.41) is 0. The molecule has 4 nitrogen and oxygen atoms in total. The highest BCUT2D eigenvalue weighted by atomic mass is 32.2. The Morgan fingerprint density at radius 2 is 1.65 bits per heavy atom. The van der Waals surface area contributed by atoms with Gasteiger partial charge in [-0.3, -0.25) is 4.72 Å². The Kier molecular flexibility index (Phi) is 4.51. The molecule has 9 heteroatoms. The van der Waals surface area contributed by atoms with Crippen molar-refractivity contribution < 1.29 is 30.7 Å². The van der Waals surface area contributed by atoms with Crippen LogP contribution in [0.15, 0.2) is 47.4 Å². The SMILES string of the molecule is Cc1cc(F)ccc1S(=O)(=O)Nc1ccc(OC(F)(F)F)cc1. The minimum Gasteiger partial charge on any atom is -0.406 e. The summed E-state index contributed by atoms with van der Waals surface area (Å²) in [7, 11) is -3.99. The molecule has 0 unspecified atom stereocenters. The molecule has 0 saturated carbocycles. The molecule has 0 bridgehead atoms. The first-order valence-electron chi connectivity index (χ1n) is 6.22. The molecule has 0 fully saturated rings. The van der Waals surface area contributed by atoms with Crippen LogP contribution in [-0.4, -0.2) is 14.8 Å². The minimum absolute atomic E-state index is 0.0447. The molecule has 0 aliphatic rings. The Morgan fingerprint density at radius 3 is 2.17 bits per heavy atom. The van der Waals surface area contributed by atoms with Gasteiger partial charge in [0.1, 0.15) is 11.6 Å². The van der Waals surface area contributed by atoms with E-state index in [1.165, 1.54) is 6.92 Å². The molecule has 0 heterocycles. The molecular weight excluding hydrogens is 338 g/mol. The van der Waals surface area contributed by atoms with Crippen molar-refractivity contribution in [3.8, 4) is 5.75 Å². The molecule has 0 aliphatic heterocycles. The summed E-state index contributed by atoms with van der Waals surface area (Å²) in [5.41, 5.74) is 0.248. The number of anilines is 1. The average molecular weight is 349 g/mol. The second kappa shape index (κ2) is 6.07. The summed E-state index contributed by atoms with van der Waals surface area (Å²) in [6.07, 6.45) is -4.83. The first-order valence-corrected chi connectivity index (χ1v) is 7.70. The number of hydrogen-bond acceptors (Lipinski definition) is 3. The van der Waals surface area contributed by atoms with Crippen molar-refractivity contribution in [3.05, 3.63) is 53.8 Å². The zero-order valence-corrected chi connectivity index (χ0v) is 12.5. The molecule has 2 rings (SSSR count). The standard InChI is InChI=1S/C14H11F4NO3S/c1-9-8-10(15)2-7-13(9)23(20,21)19-11-3-5-12(6-4-11)22-14(16,17)18/h2-8,19H,1H3. The molecule has 23 heavy (non-hydrogen) atoms. The third-order valence-corrected chi connectivity index (χ3v) is 4.31. The van der Waals surface area contributed by atoms with Crippen molar-refractivity contribution in [3.63, 3.8) is 0 Å². The third kappa shape index (κ3) is 4.59. The monoisotopic (exact) mass is 349 g/mol. The van der Waals surface area contributed by atoms with E-state index in [9.17, 15) is 26.0 Å². The van der Waals surface area contributed by atoms with Gasteiger partial charge in [-0.2, -0.15) is 0 Å².